The molecule has 35 heavy (non-hydrogen) atoms. The van der Waals surface area contributed by atoms with Gasteiger partial charge in [-0.2, -0.15) is 0 Å². The van der Waals surface area contributed by atoms with Gasteiger partial charge in [0.1, 0.15) is 11.5 Å². The Kier molecular flexibility index (Phi) is 8.60. The summed E-state index contributed by atoms with van der Waals surface area (Å²) in [5, 5.41) is 11.4. The van der Waals surface area contributed by atoms with Crippen LogP contribution in [0.2, 0.25) is 0 Å². The maximum Gasteiger partial charge on any atom is 0.295 e. The minimum Gasteiger partial charge on any atom is -0.507 e. The summed E-state index contributed by atoms with van der Waals surface area (Å²) in [7, 11) is 0. The summed E-state index contributed by atoms with van der Waals surface area (Å²) < 4.78 is 5.75. The summed E-state index contributed by atoms with van der Waals surface area (Å²) >= 11 is 0. The second kappa shape index (κ2) is 11.4. The number of hydrogen-bond donors (Lipinski definition) is 1. The third kappa shape index (κ3) is 5.21. The predicted molar refractivity (Wildman–Crippen MR) is 141 cm³/mol. The molecular formula is C29H38N2O4. The lowest BCUT2D eigenvalue weighted by Crippen LogP contribution is -2.30. The van der Waals surface area contributed by atoms with Gasteiger partial charge in [0.15, 0.2) is 0 Å². The van der Waals surface area contributed by atoms with E-state index in [4.69, 9.17) is 4.74 Å². The first-order valence-electron chi connectivity index (χ1n) is 12.7. The van der Waals surface area contributed by atoms with Crippen LogP contribution in [-0.2, 0) is 9.59 Å². The SMILES string of the molecule is CCCN1C(=O)C(=O)/C(=C(\O)c2ccc(OCC)c(C(C)C)c2)C1c1ccc(N(CC)CC)cc1. The molecule has 1 N–H and O–H groups in total. The number of carbonyl (C=O) groups is 2. The van der Waals surface area contributed by atoms with E-state index in [9.17, 15) is 14.7 Å². The Morgan fingerprint density at radius 3 is 2.23 bits per heavy atom. The minimum atomic E-state index is -0.645. The lowest BCUT2D eigenvalue weighted by Gasteiger charge is -2.26. The first kappa shape index (κ1) is 26.3. The normalized spacial score (nSPS) is 17.3. The Labute approximate surface area is 209 Å². The van der Waals surface area contributed by atoms with Crippen molar-refractivity contribution in [3.63, 3.8) is 0 Å². The van der Waals surface area contributed by atoms with Crippen molar-refractivity contribution in [3.8, 4) is 5.75 Å². The number of benzene rings is 2. The largest absolute Gasteiger partial charge is 0.507 e. The standard InChI is InChI=1S/C29H38N2O4/c1-7-17-31-26(20-11-14-22(15-12-20)30(8-2)9-3)25(28(33)29(31)34)27(32)21-13-16-24(35-10-4)23(18-21)19(5)6/h11-16,18-19,26,32H,7-10,17H2,1-6H3/b27-25-. The second-order valence-electron chi connectivity index (χ2n) is 9.10. The van der Waals surface area contributed by atoms with Gasteiger partial charge in [-0.3, -0.25) is 9.59 Å². The van der Waals surface area contributed by atoms with Crippen molar-refractivity contribution in [2.75, 3.05) is 31.1 Å². The van der Waals surface area contributed by atoms with Crippen LogP contribution in [0.5, 0.6) is 5.75 Å². The van der Waals surface area contributed by atoms with E-state index in [1.54, 1.807) is 11.0 Å². The number of rotatable bonds is 10. The molecule has 2 aromatic rings. The fourth-order valence-corrected chi connectivity index (χ4v) is 4.74. The number of nitrogens with zero attached hydrogens (tertiary/aromatic N) is 2. The lowest BCUT2D eigenvalue weighted by molar-refractivity contribution is -0.139. The molecule has 6 heteroatoms. The van der Waals surface area contributed by atoms with Gasteiger partial charge in [-0.25, -0.2) is 0 Å². The van der Waals surface area contributed by atoms with Crippen LogP contribution in [0.1, 0.15) is 76.6 Å². The van der Waals surface area contributed by atoms with Crippen LogP contribution < -0.4 is 9.64 Å². The van der Waals surface area contributed by atoms with E-state index in [0.29, 0.717) is 25.1 Å². The molecule has 1 atom stereocenters. The van der Waals surface area contributed by atoms with Crippen LogP contribution in [0.4, 0.5) is 5.69 Å². The molecule has 1 amide bonds. The van der Waals surface area contributed by atoms with Gasteiger partial charge in [0, 0.05) is 30.9 Å². The number of hydrogen-bond acceptors (Lipinski definition) is 5. The Hall–Kier alpha value is -3.28. The van der Waals surface area contributed by atoms with Gasteiger partial charge in [0.2, 0.25) is 0 Å². The fraction of sp³-hybridized carbons (Fsp3) is 0.448. The molecule has 188 valence electrons. The molecule has 0 bridgehead atoms. The van der Waals surface area contributed by atoms with Crippen LogP contribution in [0.3, 0.4) is 0 Å². The van der Waals surface area contributed by atoms with Crippen LogP contribution in [0.15, 0.2) is 48.0 Å². The number of carbonyl (C=O) groups excluding carboxylic acids is 2. The molecule has 1 saturated heterocycles. The van der Waals surface area contributed by atoms with Crippen molar-refractivity contribution in [2.45, 2.75) is 59.9 Å². The number of Topliss-reactive ketones (excluding diaryl/α,β-unsaturated/α-hetero) is 1. The van der Waals surface area contributed by atoms with Crippen molar-refractivity contribution in [1.82, 2.24) is 4.90 Å². The van der Waals surface area contributed by atoms with Crippen molar-refractivity contribution in [3.05, 3.63) is 64.7 Å². The highest BCUT2D eigenvalue weighted by Gasteiger charge is 2.45. The molecule has 1 unspecified atom stereocenters. The van der Waals surface area contributed by atoms with Gasteiger partial charge in [-0.15, -0.1) is 0 Å². The van der Waals surface area contributed by atoms with E-state index in [1.807, 2.05) is 50.2 Å². The van der Waals surface area contributed by atoms with E-state index in [2.05, 4.69) is 32.6 Å². The van der Waals surface area contributed by atoms with Crippen LogP contribution >= 0.6 is 0 Å². The molecule has 0 aromatic heterocycles. The van der Waals surface area contributed by atoms with Gasteiger partial charge >= 0.3 is 0 Å². The van der Waals surface area contributed by atoms with Crippen molar-refractivity contribution in [2.24, 2.45) is 0 Å². The third-order valence-corrected chi connectivity index (χ3v) is 6.55. The van der Waals surface area contributed by atoms with E-state index < -0.39 is 17.7 Å². The van der Waals surface area contributed by atoms with Crippen LogP contribution in [0.25, 0.3) is 5.76 Å². The van der Waals surface area contributed by atoms with Gasteiger partial charge < -0.3 is 19.6 Å². The Balaban J connectivity index is 2.14. The average molecular weight is 479 g/mol. The van der Waals surface area contributed by atoms with Gasteiger partial charge in [0.25, 0.3) is 11.7 Å². The number of ketones is 1. The van der Waals surface area contributed by atoms with E-state index in [-0.39, 0.29) is 17.3 Å². The first-order chi connectivity index (χ1) is 16.8. The zero-order valence-corrected chi connectivity index (χ0v) is 21.8. The summed E-state index contributed by atoms with van der Waals surface area (Å²) in [5.41, 5.74) is 3.48. The zero-order valence-electron chi connectivity index (χ0n) is 21.8. The Morgan fingerprint density at radius 1 is 1.03 bits per heavy atom. The number of anilines is 1. The summed E-state index contributed by atoms with van der Waals surface area (Å²) in [6, 6.07) is 12.7. The van der Waals surface area contributed by atoms with Crippen LogP contribution in [-0.4, -0.2) is 47.9 Å². The lowest BCUT2D eigenvalue weighted by atomic mass is 9.93. The number of aliphatic hydroxyl groups excluding tert-OH is 1. The summed E-state index contributed by atoms with van der Waals surface area (Å²) in [4.78, 5) is 30.0. The highest BCUT2D eigenvalue weighted by atomic mass is 16.5. The summed E-state index contributed by atoms with van der Waals surface area (Å²) in [6.45, 7) is 15.0. The molecule has 2 aromatic carbocycles. The maximum atomic E-state index is 13.2. The number of amides is 1. The Morgan fingerprint density at radius 2 is 1.69 bits per heavy atom. The molecule has 3 rings (SSSR count). The third-order valence-electron chi connectivity index (χ3n) is 6.55. The maximum absolute atomic E-state index is 13.2. The highest BCUT2D eigenvalue weighted by Crippen LogP contribution is 2.41. The molecule has 1 fully saturated rings. The minimum absolute atomic E-state index is 0.137. The predicted octanol–water partition coefficient (Wildman–Crippen LogP) is 5.89. The number of likely N-dealkylation sites (tertiary alicyclic amines) is 1. The van der Waals surface area contributed by atoms with Gasteiger partial charge in [0.05, 0.1) is 18.2 Å². The molecule has 0 saturated carbocycles. The molecule has 0 spiro atoms. The first-order valence-corrected chi connectivity index (χ1v) is 12.7. The summed E-state index contributed by atoms with van der Waals surface area (Å²) in [6.07, 6.45) is 0.710. The highest BCUT2D eigenvalue weighted by molar-refractivity contribution is 6.46. The van der Waals surface area contributed by atoms with Crippen LogP contribution in [0, 0.1) is 0 Å². The molecule has 6 nitrogen and oxygen atoms in total. The average Bonchev–Trinajstić information content (AvgIpc) is 3.10. The zero-order chi connectivity index (χ0) is 25.7. The van der Waals surface area contributed by atoms with E-state index in [0.717, 1.165) is 35.7 Å². The fourth-order valence-electron chi connectivity index (χ4n) is 4.74. The number of ether oxygens (including phenoxy) is 1. The molecule has 1 aliphatic heterocycles. The van der Waals surface area contributed by atoms with Crippen molar-refractivity contribution < 1.29 is 19.4 Å². The quantitative estimate of drug-likeness (QED) is 0.262. The molecule has 0 radical (unpaired) electrons. The van der Waals surface area contributed by atoms with E-state index >= 15 is 0 Å². The summed E-state index contributed by atoms with van der Waals surface area (Å²) in [5.74, 6) is -0.441. The molecule has 0 aliphatic carbocycles. The topological polar surface area (TPSA) is 70.1 Å². The molecule has 1 heterocycles. The molecular weight excluding hydrogens is 440 g/mol. The Bertz CT molecular complexity index is 1080. The smallest absolute Gasteiger partial charge is 0.295 e. The molecule has 1 aliphatic rings. The van der Waals surface area contributed by atoms with Gasteiger partial charge in [-0.1, -0.05) is 32.9 Å². The second-order valence-corrected chi connectivity index (χ2v) is 9.10. The van der Waals surface area contributed by atoms with E-state index in [1.165, 1.54) is 0 Å². The van der Waals surface area contributed by atoms with Crippen molar-refractivity contribution in [1.29, 1.82) is 0 Å². The number of aliphatic hydroxyl groups is 1. The monoisotopic (exact) mass is 478 g/mol. The van der Waals surface area contributed by atoms with Gasteiger partial charge in [-0.05, 0) is 74.6 Å². The van der Waals surface area contributed by atoms with Crippen molar-refractivity contribution >= 4 is 23.1 Å².